The first-order valence-electron chi connectivity index (χ1n) is 5.52. The van der Waals surface area contributed by atoms with E-state index in [1.54, 1.807) is 24.3 Å². The zero-order valence-electron chi connectivity index (χ0n) is 9.83. The van der Waals surface area contributed by atoms with Gasteiger partial charge in [0.25, 0.3) is 0 Å². The molecule has 0 aliphatic carbocycles. The van der Waals surface area contributed by atoms with Crippen LogP contribution in [0.5, 0.6) is 5.75 Å². The Hall–Kier alpha value is -2.18. The van der Waals surface area contributed by atoms with Crippen molar-refractivity contribution in [2.45, 2.75) is 0 Å². The first kappa shape index (κ1) is 12.8. The van der Waals surface area contributed by atoms with Crippen molar-refractivity contribution >= 4 is 39.8 Å². The SMILES string of the molecule is O=C1/C(=C/c2ccc([N+](=O)[O-])s2)Oc2cc(Cl)ccc21. The van der Waals surface area contributed by atoms with Crippen LogP contribution in [-0.2, 0) is 0 Å². The van der Waals surface area contributed by atoms with Gasteiger partial charge < -0.3 is 4.74 Å². The number of nitro groups is 1. The van der Waals surface area contributed by atoms with Gasteiger partial charge in [-0.2, -0.15) is 0 Å². The Bertz CT molecular complexity index is 765. The Balaban J connectivity index is 1.94. The average Bonchev–Trinajstić information content (AvgIpc) is 2.96. The molecule has 1 aromatic heterocycles. The topological polar surface area (TPSA) is 69.4 Å². The maximum Gasteiger partial charge on any atom is 0.324 e. The first-order valence-corrected chi connectivity index (χ1v) is 6.72. The maximum atomic E-state index is 12.1. The predicted molar refractivity (Wildman–Crippen MR) is 75.4 cm³/mol. The van der Waals surface area contributed by atoms with Crippen LogP contribution in [0, 0.1) is 10.1 Å². The minimum absolute atomic E-state index is 0.0165. The van der Waals surface area contributed by atoms with Gasteiger partial charge in [0.05, 0.1) is 10.5 Å². The number of ketones is 1. The Morgan fingerprint density at radius 1 is 1.30 bits per heavy atom. The van der Waals surface area contributed by atoms with Crippen molar-refractivity contribution in [1.29, 1.82) is 0 Å². The van der Waals surface area contributed by atoms with E-state index in [1.807, 2.05) is 0 Å². The van der Waals surface area contributed by atoms with Crippen molar-refractivity contribution in [3.8, 4) is 5.75 Å². The number of halogens is 1. The summed E-state index contributed by atoms with van der Waals surface area (Å²) in [4.78, 5) is 22.8. The van der Waals surface area contributed by atoms with E-state index in [1.165, 1.54) is 12.1 Å². The number of Topliss-reactive ketones (excluding diaryl/α,β-unsaturated/α-hetero) is 1. The van der Waals surface area contributed by atoms with E-state index in [0.29, 0.717) is 21.2 Å². The van der Waals surface area contributed by atoms with Gasteiger partial charge in [-0.1, -0.05) is 22.9 Å². The fraction of sp³-hybridized carbons (Fsp3) is 0. The van der Waals surface area contributed by atoms with Crippen LogP contribution in [0.2, 0.25) is 5.02 Å². The Kier molecular flexibility index (Phi) is 3.04. The van der Waals surface area contributed by atoms with E-state index >= 15 is 0 Å². The van der Waals surface area contributed by atoms with E-state index in [4.69, 9.17) is 16.3 Å². The predicted octanol–water partition coefficient (Wildman–Crippen LogP) is 3.93. The largest absolute Gasteiger partial charge is 0.452 e. The molecule has 2 aromatic rings. The molecule has 0 saturated carbocycles. The normalized spacial score (nSPS) is 15.2. The maximum absolute atomic E-state index is 12.1. The van der Waals surface area contributed by atoms with Crippen molar-refractivity contribution in [3.05, 3.63) is 61.7 Å². The summed E-state index contributed by atoms with van der Waals surface area (Å²) in [6.45, 7) is 0. The molecule has 3 rings (SSSR count). The molecule has 2 heterocycles. The highest BCUT2D eigenvalue weighted by atomic mass is 35.5. The highest BCUT2D eigenvalue weighted by molar-refractivity contribution is 7.16. The fourth-order valence-corrected chi connectivity index (χ4v) is 2.72. The number of carbonyl (C=O) groups is 1. The number of ether oxygens (including phenoxy) is 1. The third-order valence-electron chi connectivity index (χ3n) is 2.70. The summed E-state index contributed by atoms with van der Waals surface area (Å²) >= 11 is 6.81. The van der Waals surface area contributed by atoms with Gasteiger partial charge in [0, 0.05) is 28.1 Å². The highest BCUT2D eigenvalue weighted by Crippen LogP contribution is 2.35. The zero-order chi connectivity index (χ0) is 14.3. The summed E-state index contributed by atoms with van der Waals surface area (Å²) in [5.41, 5.74) is 0.437. The number of hydrogen-bond acceptors (Lipinski definition) is 5. The number of carbonyl (C=O) groups excluding carboxylic acids is 1. The first-order chi connectivity index (χ1) is 9.54. The third-order valence-corrected chi connectivity index (χ3v) is 3.92. The van der Waals surface area contributed by atoms with Gasteiger partial charge in [0.2, 0.25) is 5.78 Å². The van der Waals surface area contributed by atoms with Crippen LogP contribution >= 0.6 is 22.9 Å². The zero-order valence-corrected chi connectivity index (χ0v) is 11.4. The van der Waals surface area contributed by atoms with Crippen LogP contribution in [0.15, 0.2) is 36.1 Å². The number of benzene rings is 1. The molecule has 1 aromatic carbocycles. The minimum Gasteiger partial charge on any atom is -0.452 e. The molecule has 7 heteroatoms. The van der Waals surface area contributed by atoms with Gasteiger partial charge in [0.15, 0.2) is 5.76 Å². The Labute approximate surface area is 122 Å². The molecule has 0 spiro atoms. The summed E-state index contributed by atoms with van der Waals surface area (Å²) in [6, 6.07) is 7.73. The van der Waals surface area contributed by atoms with E-state index in [0.717, 1.165) is 11.3 Å². The lowest BCUT2D eigenvalue weighted by Gasteiger charge is -1.97. The van der Waals surface area contributed by atoms with Crippen LogP contribution in [0.25, 0.3) is 6.08 Å². The second-order valence-corrected chi connectivity index (χ2v) is 5.54. The van der Waals surface area contributed by atoms with E-state index < -0.39 is 4.92 Å². The molecular weight excluding hydrogens is 302 g/mol. The molecule has 0 N–H and O–H groups in total. The number of rotatable bonds is 2. The lowest BCUT2D eigenvalue weighted by molar-refractivity contribution is -0.380. The molecule has 0 fully saturated rings. The second kappa shape index (κ2) is 4.73. The molecular formula is C13H6ClNO4S. The Morgan fingerprint density at radius 2 is 2.10 bits per heavy atom. The van der Waals surface area contributed by atoms with Crippen molar-refractivity contribution in [2.24, 2.45) is 0 Å². The van der Waals surface area contributed by atoms with Crippen molar-refractivity contribution < 1.29 is 14.5 Å². The molecule has 100 valence electrons. The number of nitrogens with zero attached hydrogens (tertiary/aromatic N) is 1. The number of fused-ring (bicyclic) bond motifs is 1. The van der Waals surface area contributed by atoms with Crippen LogP contribution < -0.4 is 4.74 Å². The standard InChI is InChI=1S/C13H6ClNO4S/c14-7-1-3-9-10(5-7)19-11(13(9)16)6-8-2-4-12(20-8)15(17)18/h1-6H/b11-6-. The summed E-state index contributed by atoms with van der Waals surface area (Å²) in [6.07, 6.45) is 1.49. The quantitative estimate of drug-likeness (QED) is 0.479. The highest BCUT2D eigenvalue weighted by Gasteiger charge is 2.27. The molecule has 20 heavy (non-hydrogen) atoms. The summed E-state index contributed by atoms with van der Waals surface area (Å²) < 4.78 is 5.44. The molecule has 0 atom stereocenters. The van der Waals surface area contributed by atoms with E-state index in [9.17, 15) is 14.9 Å². The molecule has 0 bridgehead atoms. The average molecular weight is 308 g/mol. The van der Waals surface area contributed by atoms with Gasteiger partial charge in [-0.25, -0.2) is 0 Å². The summed E-state index contributed by atoms with van der Waals surface area (Å²) in [7, 11) is 0. The Morgan fingerprint density at radius 3 is 2.80 bits per heavy atom. The monoisotopic (exact) mass is 307 g/mol. The van der Waals surface area contributed by atoms with Crippen LogP contribution in [0.1, 0.15) is 15.2 Å². The number of allylic oxidation sites excluding steroid dienone is 1. The second-order valence-electron chi connectivity index (χ2n) is 4.01. The van der Waals surface area contributed by atoms with Gasteiger partial charge in [-0.05, 0) is 18.2 Å². The molecule has 0 unspecified atom stereocenters. The minimum atomic E-state index is -0.474. The lowest BCUT2D eigenvalue weighted by Crippen LogP contribution is -1.97. The number of thiophene rings is 1. The van der Waals surface area contributed by atoms with E-state index in [-0.39, 0.29) is 16.5 Å². The van der Waals surface area contributed by atoms with Crippen LogP contribution in [-0.4, -0.2) is 10.7 Å². The lowest BCUT2D eigenvalue weighted by atomic mass is 10.1. The van der Waals surface area contributed by atoms with E-state index in [2.05, 4.69) is 0 Å². The van der Waals surface area contributed by atoms with Gasteiger partial charge >= 0.3 is 5.00 Å². The van der Waals surface area contributed by atoms with Gasteiger partial charge in [-0.15, -0.1) is 0 Å². The molecule has 1 aliphatic rings. The smallest absolute Gasteiger partial charge is 0.324 e. The molecule has 0 saturated heterocycles. The summed E-state index contributed by atoms with van der Waals surface area (Å²) in [5, 5.41) is 11.1. The van der Waals surface area contributed by atoms with Crippen molar-refractivity contribution in [3.63, 3.8) is 0 Å². The fourth-order valence-electron chi connectivity index (χ4n) is 1.81. The number of hydrogen-bond donors (Lipinski definition) is 0. The molecule has 5 nitrogen and oxygen atoms in total. The van der Waals surface area contributed by atoms with Gasteiger partial charge in [0.1, 0.15) is 5.75 Å². The van der Waals surface area contributed by atoms with Crippen molar-refractivity contribution in [2.75, 3.05) is 0 Å². The third kappa shape index (κ3) is 2.19. The van der Waals surface area contributed by atoms with Crippen LogP contribution in [0.3, 0.4) is 0 Å². The molecule has 0 radical (unpaired) electrons. The molecule has 0 amide bonds. The van der Waals surface area contributed by atoms with Crippen molar-refractivity contribution in [1.82, 2.24) is 0 Å². The molecule has 1 aliphatic heterocycles. The summed E-state index contributed by atoms with van der Waals surface area (Å²) in [5.74, 6) is 0.284. The van der Waals surface area contributed by atoms with Gasteiger partial charge in [-0.3, -0.25) is 14.9 Å². The van der Waals surface area contributed by atoms with Crippen LogP contribution in [0.4, 0.5) is 5.00 Å².